The first-order chi connectivity index (χ1) is 8.94. The number of benzene rings is 2. The fraction of sp³-hybridized carbons (Fsp3) is 0.0769. The molecular formula is C13H13ClN2O2S. The molecule has 0 aliphatic rings. The lowest BCUT2D eigenvalue weighted by atomic mass is 10.2. The van der Waals surface area contributed by atoms with Gasteiger partial charge in [-0.25, -0.2) is 8.42 Å². The molecule has 2 aromatic rings. The van der Waals surface area contributed by atoms with Gasteiger partial charge in [0.1, 0.15) is 0 Å². The summed E-state index contributed by atoms with van der Waals surface area (Å²) in [7, 11) is -3.25. The third kappa shape index (κ3) is 4.15. The molecule has 0 heterocycles. The Hall–Kier alpha value is -1.72. The molecule has 2 rings (SSSR count). The number of rotatable bonds is 4. The second kappa shape index (κ2) is 5.50. The van der Waals surface area contributed by atoms with Gasteiger partial charge in [-0.1, -0.05) is 23.7 Å². The molecule has 0 spiro atoms. The molecule has 0 radical (unpaired) electrons. The molecule has 19 heavy (non-hydrogen) atoms. The summed E-state index contributed by atoms with van der Waals surface area (Å²) in [5, 5.41) is 3.78. The smallest absolute Gasteiger partial charge is 0.229 e. The van der Waals surface area contributed by atoms with Crippen LogP contribution in [0.5, 0.6) is 0 Å². The number of anilines is 3. The minimum atomic E-state index is -3.25. The van der Waals surface area contributed by atoms with Gasteiger partial charge in [0.05, 0.1) is 17.0 Å². The molecule has 0 amide bonds. The maximum absolute atomic E-state index is 11.1. The van der Waals surface area contributed by atoms with Gasteiger partial charge in [-0.15, -0.1) is 0 Å². The highest BCUT2D eigenvalue weighted by Crippen LogP contribution is 2.25. The van der Waals surface area contributed by atoms with Crippen molar-refractivity contribution in [3.63, 3.8) is 0 Å². The maximum Gasteiger partial charge on any atom is 0.229 e. The molecule has 2 N–H and O–H groups in total. The van der Waals surface area contributed by atoms with Crippen LogP contribution in [0, 0.1) is 0 Å². The molecule has 0 aliphatic heterocycles. The summed E-state index contributed by atoms with van der Waals surface area (Å²) in [6.07, 6.45) is 1.11. The van der Waals surface area contributed by atoms with Crippen molar-refractivity contribution in [2.45, 2.75) is 0 Å². The topological polar surface area (TPSA) is 58.2 Å². The van der Waals surface area contributed by atoms with Gasteiger partial charge in [0, 0.05) is 11.4 Å². The maximum atomic E-state index is 11.1. The zero-order valence-electron chi connectivity index (χ0n) is 10.2. The zero-order chi connectivity index (χ0) is 13.9. The van der Waals surface area contributed by atoms with Crippen molar-refractivity contribution in [3.8, 4) is 0 Å². The Morgan fingerprint density at radius 1 is 0.947 bits per heavy atom. The Morgan fingerprint density at radius 3 is 2.11 bits per heavy atom. The summed E-state index contributed by atoms with van der Waals surface area (Å²) < 4.78 is 24.6. The van der Waals surface area contributed by atoms with E-state index < -0.39 is 10.0 Å². The van der Waals surface area contributed by atoms with E-state index in [4.69, 9.17) is 11.6 Å². The van der Waals surface area contributed by atoms with Crippen LogP contribution in [0.1, 0.15) is 0 Å². The third-order valence-corrected chi connectivity index (χ3v) is 3.28. The van der Waals surface area contributed by atoms with Gasteiger partial charge >= 0.3 is 0 Å². The molecule has 0 aliphatic carbocycles. The average Bonchev–Trinajstić information content (AvgIpc) is 2.33. The molecule has 0 unspecified atom stereocenters. The fourth-order valence-corrected chi connectivity index (χ4v) is 2.30. The van der Waals surface area contributed by atoms with Crippen LogP contribution in [0.3, 0.4) is 0 Å². The van der Waals surface area contributed by atoms with E-state index in [1.165, 1.54) is 0 Å². The summed E-state index contributed by atoms with van der Waals surface area (Å²) in [5.74, 6) is 0. The van der Waals surface area contributed by atoms with Gasteiger partial charge in [0.15, 0.2) is 0 Å². The number of hydrogen-bond donors (Lipinski definition) is 2. The first kappa shape index (κ1) is 13.7. The van der Waals surface area contributed by atoms with Gasteiger partial charge in [0.25, 0.3) is 0 Å². The molecular weight excluding hydrogens is 284 g/mol. The molecule has 0 aromatic heterocycles. The SMILES string of the molecule is CS(=O)(=O)Nc1ccc(Nc2ccccc2Cl)cc1. The standard InChI is InChI=1S/C13H13ClN2O2S/c1-19(17,18)16-11-8-6-10(7-9-11)15-13-5-3-2-4-12(13)14/h2-9,15-16H,1H3. The third-order valence-electron chi connectivity index (χ3n) is 2.34. The Kier molecular flexibility index (Phi) is 3.97. The lowest BCUT2D eigenvalue weighted by Gasteiger charge is -2.09. The predicted octanol–water partition coefficient (Wildman–Crippen LogP) is 3.46. The number of halogens is 1. The summed E-state index contributed by atoms with van der Waals surface area (Å²) in [5.41, 5.74) is 2.15. The minimum absolute atomic E-state index is 0.521. The fourth-order valence-electron chi connectivity index (χ4n) is 1.55. The Morgan fingerprint density at radius 2 is 1.53 bits per heavy atom. The highest BCUT2D eigenvalue weighted by Gasteiger charge is 2.02. The molecule has 100 valence electrons. The minimum Gasteiger partial charge on any atom is -0.354 e. The van der Waals surface area contributed by atoms with E-state index >= 15 is 0 Å². The van der Waals surface area contributed by atoms with Crippen LogP contribution >= 0.6 is 11.6 Å². The van der Waals surface area contributed by atoms with E-state index in [2.05, 4.69) is 10.0 Å². The van der Waals surface area contributed by atoms with E-state index in [0.717, 1.165) is 17.6 Å². The molecule has 6 heteroatoms. The van der Waals surface area contributed by atoms with Crippen LogP contribution in [-0.2, 0) is 10.0 Å². The molecule has 4 nitrogen and oxygen atoms in total. The first-order valence-electron chi connectivity index (χ1n) is 5.53. The number of para-hydroxylation sites is 1. The summed E-state index contributed by atoms with van der Waals surface area (Å²) in [6, 6.07) is 14.3. The molecule has 0 saturated heterocycles. The van der Waals surface area contributed by atoms with Crippen molar-refractivity contribution >= 4 is 38.7 Å². The van der Waals surface area contributed by atoms with Crippen LogP contribution in [0.15, 0.2) is 48.5 Å². The summed E-state index contributed by atoms with van der Waals surface area (Å²) in [6.45, 7) is 0. The monoisotopic (exact) mass is 296 g/mol. The van der Waals surface area contributed by atoms with Gasteiger partial charge in [-0.2, -0.15) is 0 Å². The van der Waals surface area contributed by atoms with E-state index in [9.17, 15) is 8.42 Å². The van der Waals surface area contributed by atoms with Crippen LogP contribution in [0.25, 0.3) is 0 Å². The molecule has 0 fully saturated rings. The Balaban J connectivity index is 2.13. The van der Waals surface area contributed by atoms with Crippen LogP contribution in [-0.4, -0.2) is 14.7 Å². The van der Waals surface area contributed by atoms with E-state index in [1.54, 1.807) is 30.3 Å². The molecule has 0 atom stereocenters. The average molecular weight is 297 g/mol. The molecule has 0 saturated carbocycles. The summed E-state index contributed by atoms with van der Waals surface area (Å²) in [4.78, 5) is 0. The van der Waals surface area contributed by atoms with Gasteiger partial charge in [0.2, 0.25) is 10.0 Å². The van der Waals surface area contributed by atoms with Crippen LogP contribution in [0.4, 0.5) is 17.1 Å². The van der Waals surface area contributed by atoms with Crippen molar-refractivity contribution in [1.82, 2.24) is 0 Å². The van der Waals surface area contributed by atoms with Crippen LogP contribution in [0.2, 0.25) is 5.02 Å². The second-order valence-electron chi connectivity index (χ2n) is 4.06. The van der Waals surface area contributed by atoms with Crippen molar-refractivity contribution in [2.75, 3.05) is 16.3 Å². The largest absolute Gasteiger partial charge is 0.354 e. The normalized spacial score (nSPS) is 11.1. The van der Waals surface area contributed by atoms with Crippen molar-refractivity contribution in [3.05, 3.63) is 53.6 Å². The van der Waals surface area contributed by atoms with Crippen LogP contribution < -0.4 is 10.0 Å². The summed E-state index contributed by atoms with van der Waals surface area (Å²) >= 11 is 6.04. The number of sulfonamides is 1. The lowest BCUT2D eigenvalue weighted by molar-refractivity contribution is 0.607. The lowest BCUT2D eigenvalue weighted by Crippen LogP contribution is -2.09. The van der Waals surface area contributed by atoms with Gasteiger partial charge in [-0.05, 0) is 36.4 Å². The molecule has 0 bridgehead atoms. The quantitative estimate of drug-likeness (QED) is 0.908. The number of hydrogen-bond acceptors (Lipinski definition) is 3. The van der Waals surface area contributed by atoms with E-state index in [1.807, 2.05) is 18.2 Å². The van der Waals surface area contributed by atoms with E-state index in [0.29, 0.717) is 10.7 Å². The Bertz CT molecular complexity index is 669. The Labute approximate surface area is 117 Å². The van der Waals surface area contributed by atoms with Gasteiger partial charge in [-0.3, -0.25) is 4.72 Å². The van der Waals surface area contributed by atoms with Gasteiger partial charge < -0.3 is 5.32 Å². The second-order valence-corrected chi connectivity index (χ2v) is 6.21. The van der Waals surface area contributed by atoms with E-state index in [-0.39, 0.29) is 0 Å². The van der Waals surface area contributed by atoms with Crippen molar-refractivity contribution < 1.29 is 8.42 Å². The first-order valence-corrected chi connectivity index (χ1v) is 7.80. The zero-order valence-corrected chi connectivity index (χ0v) is 11.8. The predicted molar refractivity (Wildman–Crippen MR) is 79.6 cm³/mol. The highest BCUT2D eigenvalue weighted by atomic mass is 35.5. The molecule has 2 aromatic carbocycles. The van der Waals surface area contributed by atoms with Crippen molar-refractivity contribution in [1.29, 1.82) is 0 Å². The van der Waals surface area contributed by atoms with Crippen molar-refractivity contribution in [2.24, 2.45) is 0 Å². The number of nitrogens with one attached hydrogen (secondary N) is 2. The highest BCUT2D eigenvalue weighted by molar-refractivity contribution is 7.92.